The van der Waals surface area contributed by atoms with Gasteiger partial charge in [0.25, 0.3) is 5.91 Å². The van der Waals surface area contributed by atoms with Gasteiger partial charge in [0, 0.05) is 0 Å². The Bertz CT molecular complexity index is 1140. The van der Waals surface area contributed by atoms with Gasteiger partial charge in [-0.2, -0.15) is 0 Å². The maximum Gasteiger partial charge on any atom is 0.338 e. The van der Waals surface area contributed by atoms with E-state index in [-0.39, 0.29) is 39.3 Å². The minimum absolute atomic E-state index is 0.130. The fourth-order valence-corrected chi connectivity index (χ4v) is 4.76. The second-order valence-corrected chi connectivity index (χ2v) is 9.20. The van der Waals surface area contributed by atoms with Gasteiger partial charge in [0.1, 0.15) is 0 Å². The van der Waals surface area contributed by atoms with Crippen molar-refractivity contribution in [3.63, 3.8) is 0 Å². The summed E-state index contributed by atoms with van der Waals surface area (Å²) in [4.78, 5) is 51.7. The van der Waals surface area contributed by atoms with Gasteiger partial charge in [0.05, 0.1) is 38.8 Å². The number of ether oxygens (including phenoxy) is 1. The molecule has 172 valence electrons. The number of imide groups is 1. The Hall–Kier alpha value is -2.90. The van der Waals surface area contributed by atoms with Crippen LogP contribution in [0.15, 0.2) is 42.5 Å². The molecule has 7 nitrogen and oxygen atoms in total. The molecule has 3 amide bonds. The third-order valence-electron chi connectivity index (χ3n) is 6.09. The first-order valence-electron chi connectivity index (χ1n) is 10.6. The molecule has 4 rings (SSSR count). The zero-order chi connectivity index (χ0) is 23.7. The molecule has 2 fully saturated rings. The van der Waals surface area contributed by atoms with Crippen LogP contribution in [0.3, 0.4) is 0 Å². The number of amides is 3. The molecule has 9 heteroatoms. The van der Waals surface area contributed by atoms with Gasteiger partial charge < -0.3 is 10.1 Å². The number of nitrogens with one attached hydrogen (secondary N) is 1. The van der Waals surface area contributed by atoms with E-state index in [9.17, 15) is 19.2 Å². The van der Waals surface area contributed by atoms with Gasteiger partial charge in [-0.05, 0) is 55.5 Å². The molecule has 3 atom stereocenters. The van der Waals surface area contributed by atoms with Crippen LogP contribution in [0.5, 0.6) is 0 Å². The highest BCUT2D eigenvalue weighted by Gasteiger charge is 2.50. The van der Waals surface area contributed by atoms with Crippen LogP contribution in [-0.4, -0.2) is 30.3 Å². The van der Waals surface area contributed by atoms with E-state index in [1.54, 1.807) is 30.3 Å². The molecular weight excluding hydrogens is 467 g/mol. The van der Waals surface area contributed by atoms with E-state index in [1.165, 1.54) is 17.0 Å². The minimum atomic E-state index is -0.755. The maximum atomic E-state index is 12.9. The van der Waals surface area contributed by atoms with E-state index in [0.29, 0.717) is 30.1 Å². The molecule has 0 radical (unpaired) electrons. The molecular formula is C24H22Cl2N2O5. The van der Waals surface area contributed by atoms with Gasteiger partial charge in [-0.15, -0.1) is 0 Å². The summed E-state index contributed by atoms with van der Waals surface area (Å²) >= 11 is 12.0. The molecule has 33 heavy (non-hydrogen) atoms. The summed E-state index contributed by atoms with van der Waals surface area (Å²) in [5, 5.41) is 2.99. The van der Waals surface area contributed by atoms with E-state index in [1.807, 2.05) is 0 Å². The lowest BCUT2D eigenvalue weighted by atomic mass is 9.76. The van der Waals surface area contributed by atoms with Crippen molar-refractivity contribution in [1.29, 1.82) is 0 Å². The minimum Gasteiger partial charge on any atom is -0.452 e. The number of benzene rings is 2. The summed E-state index contributed by atoms with van der Waals surface area (Å²) in [6.45, 7) is 1.54. The maximum absolute atomic E-state index is 12.9. The van der Waals surface area contributed by atoms with E-state index in [0.717, 1.165) is 6.42 Å². The zero-order valence-electron chi connectivity index (χ0n) is 17.8. The average molecular weight is 489 g/mol. The van der Waals surface area contributed by atoms with E-state index in [4.69, 9.17) is 27.9 Å². The molecule has 0 spiro atoms. The van der Waals surface area contributed by atoms with Crippen molar-refractivity contribution in [2.24, 2.45) is 17.8 Å². The Morgan fingerprint density at radius 2 is 1.79 bits per heavy atom. The van der Waals surface area contributed by atoms with Crippen molar-refractivity contribution in [2.75, 3.05) is 16.8 Å². The Morgan fingerprint density at radius 1 is 1.06 bits per heavy atom. The molecule has 0 unspecified atom stereocenters. The lowest BCUT2D eigenvalue weighted by Gasteiger charge is -2.25. The first kappa shape index (κ1) is 23.3. The topological polar surface area (TPSA) is 92.8 Å². The SMILES string of the molecule is C[C@@H]1CC[C@@H]2C(=O)N(c3cccc(C(=O)OCC(=O)Nc4cccc(Cl)c4Cl)c3)C(=O)[C@@H]2C1. The summed E-state index contributed by atoms with van der Waals surface area (Å²) in [6.07, 6.45) is 2.31. The number of fused-ring (bicyclic) bond motifs is 1. The second kappa shape index (κ2) is 9.53. The first-order chi connectivity index (χ1) is 15.8. The fourth-order valence-electron chi connectivity index (χ4n) is 4.42. The van der Waals surface area contributed by atoms with Gasteiger partial charge >= 0.3 is 5.97 Å². The van der Waals surface area contributed by atoms with Gasteiger partial charge in [-0.25, -0.2) is 4.79 Å². The Balaban J connectivity index is 1.42. The highest BCUT2D eigenvalue weighted by atomic mass is 35.5. The first-order valence-corrected chi connectivity index (χ1v) is 11.4. The van der Waals surface area contributed by atoms with Crippen LogP contribution >= 0.6 is 23.2 Å². The van der Waals surface area contributed by atoms with E-state index < -0.39 is 18.5 Å². The number of nitrogens with zero attached hydrogens (tertiary/aromatic N) is 1. The quantitative estimate of drug-likeness (QED) is 0.485. The van der Waals surface area contributed by atoms with Crippen LogP contribution in [0.4, 0.5) is 11.4 Å². The van der Waals surface area contributed by atoms with Gasteiger partial charge in [0.15, 0.2) is 6.61 Å². The number of rotatable bonds is 5. The van der Waals surface area contributed by atoms with Crippen molar-refractivity contribution >= 4 is 58.3 Å². The number of carbonyl (C=O) groups excluding carboxylic acids is 4. The molecule has 2 aromatic carbocycles. The number of anilines is 2. The van der Waals surface area contributed by atoms with Gasteiger partial charge in [-0.1, -0.05) is 42.3 Å². The fraction of sp³-hybridized carbons (Fsp3) is 0.333. The molecule has 1 saturated heterocycles. The molecule has 1 aliphatic carbocycles. The molecule has 0 bridgehead atoms. The molecule has 1 heterocycles. The number of esters is 1. The number of halogens is 2. The lowest BCUT2D eigenvalue weighted by Crippen LogP contribution is -2.31. The molecule has 2 aliphatic rings. The third-order valence-corrected chi connectivity index (χ3v) is 6.91. The Labute approximate surface area is 201 Å². The summed E-state index contributed by atoms with van der Waals surface area (Å²) in [5.74, 6) is -2.00. The van der Waals surface area contributed by atoms with Crippen LogP contribution in [0, 0.1) is 17.8 Å². The van der Waals surface area contributed by atoms with Crippen molar-refractivity contribution < 1.29 is 23.9 Å². The van der Waals surface area contributed by atoms with Crippen LogP contribution in [0.2, 0.25) is 10.0 Å². The van der Waals surface area contributed by atoms with Gasteiger partial charge in [0.2, 0.25) is 11.8 Å². The predicted octanol–water partition coefficient (Wildman–Crippen LogP) is 4.71. The highest BCUT2D eigenvalue weighted by molar-refractivity contribution is 6.44. The number of hydrogen-bond acceptors (Lipinski definition) is 5. The molecule has 1 aliphatic heterocycles. The monoisotopic (exact) mass is 488 g/mol. The molecule has 2 aromatic rings. The van der Waals surface area contributed by atoms with Crippen molar-refractivity contribution in [3.05, 3.63) is 58.1 Å². The third kappa shape index (κ3) is 4.75. The van der Waals surface area contributed by atoms with Gasteiger partial charge in [-0.3, -0.25) is 19.3 Å². The number of carbonyl (C=O) groups is 4. The normalized spacial score (nSPS) is 22.2. The van der Waals surface area contributed by atoms with Crippen molar-refractivity contribution in [2.45, 2.75) is 26.2 Å². The van der Waals surface area contributed by atoms with Crippen molar-refractivity contribution in [1.82, 2.24) is 0 Å². The van der Waals surface area contributed by atoms with Crippen LogP contribution in [0.1, 0.15) is 36.5 Å². The van der Waals surface area contributed by atoms with E-state index in [2.05, 4.69) is 12.2 Å². The highest BCUT2D eigenvalue weighted by Crippen LogP contribution is 2.42. The van der Waals surface area contributed by atoms with Crippen LogP contribution < -0.4 is 10.2 Å². The largest absolute Gasteiger partial charge is 0.452 e. The van der Waals surface area contributed by atoms with Crippen LogP contribution in [-0.2, 0) is 19.1 Å². The predicted molar refractivity (Wildman–Crippen MR) is 124 cm³/mol. The number of hydrogen-bond donors (Lipinski definition) is 1. The smallest absolute Gasteiger partial charge is 0.338 e. The van der Waals surface area contributed by atoms with Crippen LogP contribution in [0.25, 0.3) is 0 Å². The summed E-state index contributed by atoms with van der Waals surface area (Å²) < 4.78 is 5.10. The second-order valence-electron chi connectivity index (χ2n) is 8.42. The van der Waals surface area contributed by atoms with E-state index >= 15 is 0 Å². The standard InChI is InChI=1S/C24H22Cl2N2O5/c1-13-8-9-16-17(10-13)23(31)28(22(16)30)15-5-2-4-14(11-15)24(32)33-12-20(29)27-19-7-3-6-18(25)21(19)26/h2-7,11,13,16-17H,8-10,12H2,1H3,(H,27,29)/t13-,16+,17-/m1/s1. The Morgan fingerprint density at radius 3 is 2.58 bits per heavy atom. The lowest BCUT2D eigenvalue weighted by molar-refractivity contribution is -0.122. The Kier molecular flexibility index (Phi) is 6.72. The molecule has 1 N–H and O–H groups in total. The molecule has 0 aromatic heterocycles. The summed E-state index contributed by atoms with van der Waals surface area (Å²) in [5.41, 5.74) is 0.760. The summed E-state index contributed by atoms with van der Waals surface area (Å²) in [7, 11) is 0. The molecule has 1 saturated carbocycles. The zero-order valence-corrected chi connectivity index (χ0v) is 19.4. The average Bonchev–Trinajstić information content (AvgIpc) is 3.04. The summed E-state index contributed by atoms with van der Waals surface area (Å²) in [6, 6.07) is 10.9. The van der Waals surface area contributed by atoms with Crippen molar-refractivity contribution in [3.8, 4) is 0 Å².